The van der Waals surface area contributed by atoms with Crippen LogP contribution in [-0.2, 0) is 11.3 Å². The van der Waals surface area contributed by atoms with Crippen LogP contribution in [0.3, 0.4) is 0 Å². The summed E-state index contributed by atoms with van der Waals surface area (Å²) >= 11 is 0. The van der Waals surface area contributed by atoms with E-state index in [0.717, 1.165) is 5.56 Å². The van der Waals surface area contributed by atoms with Crippen molar-refractivity contribution >= 4 is 17.3 Å². The predicted molar refractivity (Wildman–Crippen MR) is 84.6 cm³/mol. The molecule has 0 aromatic heterocycles. The number of anilines is 1. The molecule has 0 aliphatic rings. The number of carbonyl (C=O) groups excluding carboxylic acids is 1. The molecule has 0 atom stereocenters. The molecular weight excluding hydrogens is 282 g/mol. The largest absolute Gasteiger partial charge is 0.325 e. The monoisotopic (exact) mass is 299 g/mol. The van der Waals surface area contributed by atoms with Crippen molar-refractivity contribution in [2.75, 3.05) is 11.9 Å². The average molecular weight is 299 g/mol. The van der Waals surface area contributed by atoms with Crippen LogP contribution < -0.4 is 10.6 Å². The fourth-order valence-electron chi connectivity index (χ4n) is 2.01. The summed E-state index contributed by atoms with van der Waals surface area (Å²) in [4.78, 5) is 22.1. The van der Waals surface area contributed by atoms with E-state index < -0.39 is 4.92 Å². The lowest BCUT2D eigenvalue weighted by Crippen LogP contribution is -2.27. The van der Waals surface area contributed by atoms with E-state index >= 15 is 0 Å². The maximum Gasteiger partial charge on any atom is 0.269 e. The lowest BCUT2D eigenvalue weighted by molar-refractivity contribution is -0.384. The Labute approximate surface area is 128 Å². The van der Waals surface area contributed by atoms with Crippen molar-refractivity contribution in [2.24, 2.45) is 0 Å². The Morgan fingerprint density at radius 2 is 1.91 bits per heavy atom. The summed E-state index contributed by atoms with van der Waals surface area (Å²) in [5.74, 6) is -0.187. The number of hydrogen-bond acceptors (Lipinski definition) is 4. The summed E-state index contributed by atoms with van der Waals surface area (Å²) in [7, 11) is 0. The third kappa shape index (κ3) is 4.39. The van der Waals surface area contributed by atoms with Crippen molar-refractivity contribution in [3.8, 4) is 0 Å². The molecule has 6 nitrogen and oxygen atoms in total. The number of rotatable bonds is 6. The second-order valence-electron chi connectivity index (χ2n) is 4.89. The van der Waals surface area contributed by atoms with Gasteiger partial charge in [-0.15, -0.1) is 0 Å². The van der Waals surface area contributed by atoms with Gasteiger partial charge >= 0.3 is 0 Å². The van der Waals surface area contributed by atoms with Crippen molar-refractivity contribution in [1.82, 2.24) is 5.32 Å². The molecule has 0 bridgehead atoms. The normalized spacial score (nSPS) is 10.2. The quantitative estimate of drug-likeness (QED) is 0.634. The maximum atomic E-state index is 11.9. The van der Waals surface area contributed by atoms with Crippen molar-refractivity contribution in [2.45, 2.75) is 13.5 Å². The van der Waals surface area contributed by atoms with Crippen LogP contribution in [0.25, 0.3) is 0 Å². The zero-order chi connectivity index (χ0) is 15.9. The number of nitro benzene ring substituents is 1. The smallest absolute Gasteiger partial charge is 0.269 e. The van der Waals surface area contributed by atoms with Crippen molar-refractivity contribution in [1.29, 1.82) is 0 Å². The number of hydrogen-bond donors (Lipinski definition) is 2. The molecule has 2 N–H and O–H groups in total. The molecule has 0 spiro atoms. The summed E-state index contributed by atoms with van der Waals surface area (Å²) in [6.07, 6.45) is 0. The number of nitrogens with zero attached hydrogens (tertiary/aromatic N) is 1. The topological polar surface area (TPSA) is 84.3 Å². The minimum Gasteiger partial charge on any atom is -0.325 e. The van der Waals surface area contributed by atoms with Crippen LogP contribution in [0.4, 0.5) is 11.4 Å². The van der Waals surface area contributed by atoms with E-state index in [1.54, 1.807) is 13.0 Å². The molecule has 0 unspecified atom stereocenters. The van der Waals surface area contributed by atoms with Gasteiger partial charge in [-0.25, -0.2) is 0 Å². The molecule has 22 heavy (non-hydrogen) atoms. The first-order valence-electron chi connectivity index (χ1n) is 6.86. The number of carbonyl (C=O) groups is 1. The molecule has 0 radical (unpaired) electrons. The van der Waals surface area contributed by atoms with Gasteiger partial charge in [0.25, 0.3) is 5.69 Å². The molecule has 114 valence electrons. The van der Waals surface area contributed by atoms with Crippen LogP contribution in [0.1, 0.15) is 11.1 Å². The zero-order valence-corrected chi connectivity index (χ0v) is 12.2. The molecule has 0 aliphatic heterocycles. The number of benzene rings is 2. The number of aryl methyl sites for hydroxylation is 1. The first-order valence-corrected chi connectivity index (χ1v) is 6.86. The fraction of sp³-hybridized carbons (Fsp3) is 0.188. The third-order valence-corrected chi connectivity index (χ3v) is 3.15. The molecule has 0 saturated heterocycles. The van der Waals surface area contributed by atoms with E-state index in [0.29, 0.717) is 17.8 Å². The van der Waals surface area contributed by atoms with Crippen LogP contribution in [0.2, 0.25) is 0 Å². The van der Waals surface area contributed by atoms with Gasteiger partial charge in [-0.05, 0) is 24.1 Å². The lowest BCUT2D eigenvalue weighted by atomic mass is 10.2. The van der Waals surface area contributed by atoms with E-state index in [1.165, 1.54) is 12.1 Å². The van der Waals surface area contributed by atoms with Crippen LogP contribution in [0.5, 0.6) is 0 Å². The van der Waals surface area contributed by atoms with E-state index in [2.05, 4.69) is 10.6 Å². The Hall–Kier alpha value is -2.73. The van der Waals surface area contributed by atoms with Gasteiger partial charge in [0, 0.05) is 24.4 Å². The number of amides is 1. The molecule has 2 aromatic carbocycles. The van der Waals surface area contributed by atoms with Crippen LogP contribution in [-0.4, -0.2) is 17.4 Å². The molecule has 0 heterocycles. The standard InChI is InChI=1S/C16H17N3O3/c1-12-9-14(19(21)22)7-8-15(12)18-16(20)11-17-10-13-5-3-2-4-6-13/h2-9,17H,10-11H2,1H3,(H,18,20). The zero-order valence-electron chi connectivity index (χ0n) is 12.2. The summed E-state index contributed by atoms with van der Waals surface area (Å²) in [5, 5.41) is 16.5. The number of nitrogens with one attached hydrogen (secondary N) is 2. The van der Waals surface area contributed by atoms with Gasteiger partial charge in [0.2, 0.25) is 5.91 Å². The Morgan fingerprint density at radius 1 is 1.18 bits per heavy atom. The Bertz CT molecular complexity index is 672. The lowest BCUT2D eigenvalue weighted by Gasteiger charge is -2.09. The molecule has 6 heteroatoms. The highest BCUT2D eigenvalue weighted by molar-refractivity contribution is 5.93. The summed E-state index contributed by atoms with van der Waals surface area (Å²) in [6, 6.07) is 14.1. The highest BCUT2D eigenvalue weighted by Gasteiger charge is 2.10. The highest BCUT2D eigenvalue weighted by atomic mass is 16.6. The SMILES string of the molecule is Cc1cc([N+](=O)[O-])ccc1NC(=O)CNCc1ccccc1. The molecule has 0 aliphatic carbocycles. The van der Waals surface area contributed by atoms with Crippen molar-refractivity contribution in [3.05, 3.63) is 69.8 Å². The number of non-ortho nitro benzene ring substituents is 1. The summed E-state index contributed by atoms with van der Waals surface area (Å²) in [5.41, 5.74) is 2.35. The Morgan fingerprint density at radius 3 is 2.55 bits per heavy atom. The highest BCUT2D eigenvalue weighted by Crippen LogP contribution is 2.20. The first kappa shape index (κ1) is 15.7. The van der Waals surface area contributed by atoms with Gasteiger partial charge in [0.1, 0.15) is 0 Å². The van der Waals surface area contributed by atoms with Gasteiger partial charge in [0.15, 0.2) is 0 Å². The molecule has 1 amide bonds. The predicted octanol–water partition coefficient (Wildman–Crippen LogP) is 2.63. The van der Waals surface area contributed by atoms with E-state index in [9.17, 15) is 14.9 Å². The van der Waals surface area contributed by atoms with Gasteiger partial charge < -0.3 is 10.6 Å². The first-order chi connectivity index (χ1) is 10.6. The second kappa shape index (κ2) is 7.33. The van der Waals surface area contributed by atoms with Gasteiger partial charge in [-0.1, -0.05) is 30.3 Å². The van der Waals surface area contributed by atoms with Crippen molar-refractivity contribution in [3.63, 3.8) is 0 Å². The minimum atomic E-state index is -0.458. The van der Waals surface area contributed by atoms with Crippen molar-refractivity contribution < 1.29 is 9.72 Å². The second-order valence-corrected chi connectivity index (χ2v) is 4.89. The summed E-state index contributed by atoms with van der Waals surface area (Å²) in [6.45, 7) is 2.50. The van der Waals surface area contributed by atoms with Gasteiger partial charge in [-0.3, -0.25) is 14.9 Å². The maximum absolute atomic E-state index is 11.9. The van der Waals surface area contributed by atoms with Crippen LogP contribution in [0.15, 0.2) is 48.5 Å². The summed E-state index contributed by atoms with van der Waals surface area (Å²) < 4.78 is 0. The van der Waals surface area contributed by atoms with Gasteiger partial charge in [0.05, 0.1) is 11.5 Å². The number of nitro groups is 1. The average Bonchev–Trinajstić information content (AvgIpc) is 2.50. The fourth-order valence-corrected chi connectivity index (χ4v) is 2.01. The van der Waals surface area contributed by atoms with Crippen LogP contribution in [0, 0.1) is 17.0 Å². The van der Waals surface area contributed by atoms with E-state index in [4.69, 9.17) is 0 Å². The third-order valence-electron chi connectivity index (χ3n) is 3.15. The Balaban J connectivity index is 1.85. The molecule has 2 rings (SSSR count). The molecular formula is C16H17N3O3. The minimum absolute atomic E-state index is 0.0118. The van der Waals surface area contributed by atoms with Gasteiger partial charge in [-0.2, -0.15) is 0 Å². The molecule has 0 fully saturated rings. The molecule has 2 aromatic rings. The Kier molecular flexibility index (Phi) is 5.21. The van der Waals surface area contributed by atoms with Crippen LogP contribution >= 0.6 is 0 Å². The molecule has 0 saturated carbocycles. The van der Waals surface area contributed by atoms with E-state index in [1.807, 2.05) is 30.3 Å². The van der Waals surface area contributed by atoms with E-state index in [-0.39, 0.29) is 18.1 Å².